The van der Waals surface area contributed by atoms with Crippen molar-refractivity contribution in [2.45, 2.75) is 11.1 Å². The molecule has 1 aliphatic rings. The zero-order valence-electron chi connectivity index (χ0n) is 7.47. The number of anilines is 1. The number of aliphatic hydroxyl groups excluding tert-OH is 1. The van der Waals surface area contributed by atoms with Crippen LogP contribution in [0, 0.1) is 0 Å². The smallest absolute Gasteiger partial charge is 0.263 e. The van der Waals surface area contributed by atoms with Gasteiger partial charge in [-0.1, -0.05) is 6.07 Å². The van der Waals surface area contributed by atoms with E-state index in [1.165, 1.54) is 12.1 Å². The topological polar surface area (TPSA) is 75.6 Å². The van der Waals surface area contributed by atoms with E-state index < -0.39 is 15.3 Å². The second kappa shape index (κ2) is 3.55. The summed E-state index contributed by atoms with van der Waals surface area (Å²) in [4.78, 5) is -0.0968. The Bertz CT molecular complexity index is 487. The predicted octanol–water partition coefficient (Wildman–Crippen LogP) is 0.737. The van der Waals surface area contributed by atoms with Crippen LogP contribution in [0.2, 0.25) is 0 Å². The van der Waals surface area contributed by atoms with Crippen LogP contribution in [0.3, 0.4) is 0 Å². The van der Waals surface area contributed by atoms with Crippen molar-refractivity contribution in [3.8, 4) is 5.75 Å². The number of rotatable bonds is 1. The predicted molar refractivity (Wildman–Crippen MR) is 54.6 cm³/mol. The number of fused-ring (bicyclic) bond motifs is 1. The van der Waals surface area contributed by atoms with E-state index >= 15 is 0 Å². The van der Waals surface area contributed by atoms with Gasteiger partial charge in [0.1, 0.15) is 17.3 Å². The van der Waals surface area contributed by atoms with Crippen LogP contribution in [0.1, 0.15) is 0 Å². The van der Waals surface area contributed by atoms with Gasteiger partial charge >= 0.3 is 0 Å². The summed E-state index contributed by atoms with van der Waals surface area (Å²) in [5.41, 5.74) is 0.200. The van der Waals surface area contributed by atoms with Crippen LogP contribution >= 0.6 is 10.7 Å². The molecule has 82 valence electrons. The summed E-state index contributed by atoms with van der Waals surface area (Å²) in [6.07, 6.45) is -0.933. The Morgan fingerprint density at radius 3 is 2.93 bits per heavy atom. The molecule has 1 unspecified atom stereocenters. The Morgan fingerprint density at radius 2 is 2.27 bits per heavy atom. The van der Waals surface area contributed by atoms with Crippen LogP contribution in [-0.4, -0.2) is 26.4 Å². The van der Waals surface area contributed by atoms with Crippen molar-refractivity contribution >= 4 is 25.4 Å². The fourth-order valence-corrected chi connectivity index (χ4v) is 2.38. The average Bonchev–Trinajstić information content (AvgIpc) is 2.15. The minimum absolute atomic E-state index is 0.0682. The molecule has 0 saturated carbocycles. The van der Waals surface area contributed by atoms with Gasteiger partial charge in [0, 0.05) is 10.7 Å². The fourth-order valence-electron chi connectivity index (χ4n) is 1.35. The standard InChI is InChI=1S/C8H8ClNO4S/c9-15(12,13)6-3-1-2-5-8(6)10-7(11)4-14-5/h1-3,7,10-11H,4H2. The molecule has 1 aromatic carbocycles. The molecular weight excluding hydrogens is 242 g/mol. The van der Waals surface area contributed by atoms with Gasteiger partial charge in [0.2, 0.25) is 0 Å². The molecule has 0 aliphatic carbocycles. The van der Waals surface area contributed by atoms with Crippen molar-refractivity contribution in [3.05, 3.63) is 18.2 Å². The lowest BCUT2D eigenvalue weighted by Crippen LogP contribution is -2.31. The molecule has 0 saturated heterocycles. The van der Waals surface area contributed by atoms with Gasteiger partial charge in [-0.2, -0.15) is 0 Å². The molecule has 0 fully saturated rings. The molecule has 5 nitrogen and oxygen atoms in total. The third-order valence-electron chi connectivity index (χ3n) is 1.96. The maximum atomic E-state index is 11.2. The lowest BCUT2D eigenvalue weighted by atomic mass is 10.2. The number of benzene rings is 1. The molecule has 0 spiro atoms. The van der Waals surface area contributed by atoms with E-state index in [1.54, 1.807) is 6.07 Å². The van der Waals surface area contributed by atoms with Crippen molar-refractivity contribution in [1.29, 1.82) is 0 Å². The normalized spacial score (nSPS) is 20.0. The second-order valence-corrected chi connectivity index (χ2v) is 5.57. The quantitative estimate of drug-likeness (QED) is 0.718. The second-order valence-electron chi connectivity index (χ2n) is 3.04. The van der Waals surface area contributed by atoms with Crippen LogP contribution < -0.4 is 10.1 Å². The number of hydrogen-bond donors (Lipinski definition) is 2. The maximum absolute atomic E-state index is 11.2. The van der Waals surface area contributed by atoms with Gasteiger partial charge in [-0.3, -0.25) is 0 Å². The van der Waals surface area contributed by atoms with E-state index in [2.05, 4.69) is 5.32 Å². The van der Waals surface area contributed by atoms with Gasteiger partial charge in [-0.25, -0.2) is 8.42 Å². The van der Waals surface area contributed by atoms with Gasteiger partial charge in [-0.05, 0) is 12.1 Å². The molecule has 1 heterocycles. The van der Waals surface area contributed by atoms with Crippen LogP contribution in [0.5, 0.6) is 5.75 Å². The fraction of sp³-hybridized carbons (Fsp3) is 0.250. The first-order valence-electron chi connectivity index (χ1n) is 4.13. The molecule has 0 aromatic heterocycles. The Hall–Kier alpha value is -0.980. The van der Waals surface area contributed by atoms with Gasteiger partial charge in [0.25, 0.3) is 9.05 Å². The first kappa shape index (κ1) is 10.5. The first-order chi connectivity index (χ1) is 6.98. The van der Waals surface area contributed by atoms with E-state index in [4.69, 9.17) is 15.4 Å². The minimum atomic E-state index is -3.85. The van der Waals surface area contributed by atoms with E-state index in [0.717, 1.165) is 0 Å². The van der Waals surface area contributed by atoms with Crippen molar-refractivity contribution in [2.75, 3.05) is 11.9 Å². The lowest BCUT2D eigenvalue weighted by molar-refractivity contribution is 0.119. The number of ether oxygens (including phenoxy) is 1. The molecule has 0 radical (unpaired) electrons. The van der Waals surface area contributed by atoms with Gasteiger partial charge in [-0.15, -0.1) is 0 Å². The number of hydrogen-bond acceptors (Lipinski definition) is 5. The molecular formula is C8H8ClNO4S. The van der Waals surface area contributed by atoms with Gasteiger partial charge in [0.05, 0.1) is 5.69 Å². The van der Waals surface area contributed by atoms with Crippen LogP contribution in [0.4, 0.5) is 5.69 Å². The molecule has 7 heteroatoms. The van der Waals surface area contributed by atoms with E-state index in [1.807, 2.05) is 0 Å². The number of halogens is 1. The monoisotopic (exact) mass is 249 g/mol. The summed E-state index contributed by atoms with van der Waals surface area (Å²) in [6, 6.07) is 4.46. The largest absolute Gasteiger partial charge is 0.487 e. The molecule has 2 rings (SSSR count). The SMILES string of the molecule is O=S(=O)(Cl)c1cccc2c1NC(O)CO2. The summed E-state index contributed by atoms with van der Waals surface area (Å²) in [5.74, 6) is 0.363. The maximum Gasteiger partial charge on any atom is 0.263 e. The highest BCUT2D eigenvalue weighted by Gasteiger charge is 2.24. The number of aliphatic hydroxyl groups is 1. The van der Waals surface area contributed by atoms with E-state index in [0.29, 0.717) is 5.75 Å². The average molecular weight is 250 g/mol. The van der Waals surface area contributed by atoms with Gasteiger partial charge < -0.3 is 15.2 Å². The van der Waals surface area contributed by atoms with Crippen LogP contribution in [-0.2, 0) is 9.05 Å². The zero-order chi connectivity index (χ0) is 11.1. The summed E-state index contributed by atoms with van der Waals surface area (Å²) in [5, 5.41) is 11.9. The summed E-state index contributed by atoms with van der Waals surface area (Å²) in [6.45, 7) is 0.0682. The van der Waals surface area contributed by atoms with Crippen LogP contribution in [0.15, 0.2) is 23.1 Å². The van der Waals surface area contributed by atoms with Crippen LogP contribution in [0.25, 0.3) is 0 Å². The zero-order valence-corrected chi connectivity index (χ0v) is 9.05. The number of para-hydroxylation sites is 1. The summed E-state index contributed by atoms with van der Waals surface area (Å²) >= 11 is 0. The summed E-state index contributed by atoms with van der Waals surface area (Å²) < 4.78 is 27.5. The third-order valence-corrected chi connectivity index (χ3v) is 3.32. The first-order valence-corrected chi connectivity index (χ1v) is 6.44. The molecule has 1 aromatic rings. The summed E-state index contributed by atoms with van der Waals surface area (Å²) in [7, 11) is 1.39. The molecule has 15 heavy (non-hydrogen) atoms. The van der Waals surface area contributed by atoms with Crippen molar-refractivity contribution < 1.29 is 18.3 Å². The Morgan fingerprint density at radius 1 is 1.53 bits per heavy atom. The highest BCUT2D eigenvalue weighted by atomic mass is 35.7. The minimum Gasteiger partial charge on any atom is -0.487 e. The highest BCUT2D eigenvalue weighted by Crippen LogP contribution is 2.35. The lowest BCUT2D eigenvalue weighted by Gasteiger charge is -2.24. The number of nitrogens with one attached hydrogen (secondary N) is 1. The Labute approximate surface area is 91.0 Å². The van der Waals surface area contributed by atoms with Crippen molar-refractivity contribution in [1.82, 2.24) is 0 Å². The third kappa shape index (κ3) is 2.01. The Kier molecular flexibility index (Phi) is 2.49. The van der Waals surface area contributed by atoms with Gasteiger partial charge in [0.15, 0.2) is 6.23 Å². The van der Waals surface area contributed by atoms with E-state index in [-0.39, 0.29) is 17.2 Å². The van der Waals surface area contributed by atoms with E-state index in [9.17, 15) is 13.5 Å². The van der Waals surface area contributed by atoms with Crippen molar-refractivity contribution in [3.63, 3.8) is 0 Å². The molecule has 1 atom stereocenters. The molecule has 1 aliphatic heterocycles. The molecule has 0 bridgehead atoms. The molecule has 0 amide bonds. The molecule has 2 N–H and O–H groups in total. The van der Waals surface area contributed by atoms with Crippen molar-refractivity contribution in [2.24, 2.45) is 0 Å². The Balaban J connectivity index is 2.59. The highest BCUT2D eigenvalue weighted by molar-refractivity contribution is 8.13.